The van der Waals surface area contributed by atoms with Crippen molar-refractivity contribution in [3.63, 3.8) is 0 Å². The Hall–Kier alpha value is -0.570. The minimum atomic E-state index is 0.185. The Morgan fingerprint density at radius 3 is 2.65 bits per heavy atom. The third kappa shape index (κ3) is 3.01. The van der Waals surface area contributed by atoms with Crippen LogP contribution in [0.25, 0.3) is 0 Å². The van der Waals surface area contributed by atoms with E-state index in [0.29, 0.717) is 17.9 Å². The minimum Gasteiger partial charge on any atom is -0.355 e. The first kappa shape index (κ1) is 12.9. The maximum atomic E-state index is 12.1. The molecule has 0 unspecified atom stereocenters. The van der Waals surface area contributed by atoms with Gasteiger partial charge in [-0.25, -0.2) is 0 Å². The van der Waals surface area contributed by atoms with Crippen LogP contribution in [-0.2, 0) is 4.79 Å². The molecule has 2 aliphatic carbocycles. The van der Waals surface area contributed by atoms with Crippen LogP contribution >= 0.6 is 0 Å². The molecule has 17 heavy (non-hydrogen) atoms. The normalized spacial score (nSPS) is 31.6. The molecule has 98 valence electrons. The second-order valence-corrected chi connectivity index (χ2v) is 6.27. The lowest BCUT2D eigenvalue weighted by Crippen LogP contribution is -2.40. The van der Waals surface area contributed by atoms with Crippen molar-refractivity contribution in [3.05, 3.63) is 0 Å². The van der Waals surface area contributed by atoms with Crippen molar-refractivity contribution in [2.24, 2.45) is 23.0 Å². The van der Waals surface area contributed by atoms with Crippen molar-refractivity contribution in [1.29, 1.82) is 0 Å². The second kappa shape index (κ2) is 5.38. The zero-order valence-corrected chi connectivity index (χ0v) is 11.0. The van der Waals surface area contributed by atoms with Gasteiger partial charge in [0, 0.05) is 12.5 Å². The molecular formula is C14H26N2O. The summed E-state index contributed by atoms with van der Waals surface area (Å²) in [5.41, 5.74) is 6.08. The van der Waals surface area contributed by atoms with Crippen LogP contribution in [0.5, 0.6) is 0 Å². The fourth-order valence-corrected chi connectivity index (χ4v) is 3.50. The highest BCUT2D eigenvalue weighted by molar-refractivity contribution is 5.79. The van der Waals surface area contributed by atoms with Crippen LogP contribution in [0.2, 0.25) is 0 Å². The van der Waals surface area contributed by atoms with Gasteiger partial charge in [0.15, 0.2) is 0 Å². The Kier molecular flexibility index (Phi) is 4.08. The Labute approximate surface area is 105 Å². The summed E-state index contributed by atoms with van der Waals surface area (Å²) in [5.74, 6) is 0.863. The molecule has 0 heterocycles. The second-order valence-electron chi connectivity index (χ2n) is 6.27. The van der Waals surface area contributed by atoms with E-state index < -0.39 is 0 Å². The van der Waals surface area contributed by atoms with Crippen molar-refractivity contribution in [2.45, 2.75) is 51.9 Å². The van der Waals surface area contributed by atoms with E-state index in [-0.39, 0.29) is 11.8 Å². The lowest BCUT2D eigenvalue weighted by Gasteiger charge is -2.25. The molecule has 0 aliphatic heterocycles. The molecule has 0 radical (unpaired) electrons. The molecule has 3 heteroatoms. The van der Waals surface area contributed by atoms with Crippen molar-refractivity contribution < 1.29 is 4.79 Å². The minimum absolute atomic E-state index is 0.185. The van der Waals surface area contributed by atoms with Crippen LogP contribution in [0.4, 0.5) is 0 Å². The van der Waals surface area contributed by atoms with E-state index in [4.69, 9.17) is 5.73 Å². The molecule has 0 bridgehead atoms. The lowest BCUT2D eigenvalue weighted by atomic mass is 9.88. The van der Waals surface area contributed by atoms with Gasteiger partial charge >= 0.3 is 0 Å². The molecular weight excluding hydrogens is 212 g/mol. The highest BCUT2D eigenvalue weighted by Gasteiger charge is 2.34. The maximum Gasteiger partial charge on any atom is 0.223 e. The van der Waals surface area contributed by atoms with Crippen molar-refractivity contribution in [1.82, 2.24) is 5.32 Å². The van der Waals surface area contributed by atoms with E-state index >= 15 is 0 Å². The summed E-state index contributed by atoms with van der Waals surface area (Å²) in [6, 6.07) is 0. The smallest absolute Gasteiger partial charge is 0.223 e. The van der Waals surface area contributed by atoms with Gasteiger partial charge in [-0.1, -0.05) is 26.2 Å². The Morgan fingerprint density at radius 1 is 1.29 bits per heavy atom. The molecule has 0 spiro atoms. The van der Waals surface area contributed by atoms with Gasteiger partial charge in [-0.15, -0.1) is 0 Å². The van der Waals surface area contributed by atoms with Gasteiger partial charge in [0.1, 0.15) is 0 Å². The standard InChI is InChI=1S/C14H26N2O/c1-14(7-2-3-8-14)10-16-13(17)12-6-4-5-11(12)9-15/h11-12H,2-10,15H2,1H3,(H,16,17)/t11-,12-/m1/s1. The van der Waals surface area contributed by atoms with Gasteiger partial charge in [-0.2, -0.15) is 0 Å². The van der Waals surface area contributed by atoms with Gasteiger partial charge in [-0.05, 0) is 43.6 Å². The summed E-state index contributed by atoms with van der Waals surface area (Å²) in [6.45, 7) is 3.82. The number of hydrogen-bond donors (Lipinski definition) is 2. The summed E-state index contributed by atoms with van der Waals surface area (Å²) >= 11 is 0. The molecule has 0 aromatic rings. The van der Waals surface area contributed by atoms with Gasteiger partial charge in [-0.3, -0.25) is 4.79 Å². The van der Waals surface area contributed by atoms with Gasteiger partial charge in [0.25, 0.3) is 0 Å². The van der Waals surface area contributed by atoms with Crippen molar-refractivity contribution in [3.8, 4) is 0 Å². The molecule has 2 atom stereocenters. The third-order valence-corrected chi connectivity index (χ3v) is 4.80. The average Bonchev–Trinajstić information content (AvgIpc) is 2.95. The van der Waals surface area contributed by atoms with E-state index in [1.807, 2.05) is 0 Å². The first-order valence-electron chi connectivity index (χ1n) is 7.12. The predicted octanol–water partition coefficient (Wildman–Crippen LogP) is 2.06. The fourth-order valence-electron chi connectivity index (χ4n) is 3.50. The van der Waals surface area contributed by atoms with Crippen LogP contribution in [-0.4, -0.2) is 19.0 Å². The number of carbonyl (C=O) groups excluding carboxylic acids is 1. The highest BCUT2D eigenvalue weighted by atomic mass is 16.1. The Bertz CT molecular complexity index is 271. The zero-order chi connectivity index (χ0) is 12.3. The van der Waals surface area contributed by atoms with Gasteiger partial charge in [0.2, 0.25) is 5.91 Å². The molecule has 2 rings (SSSR count). The number of nitrogens with one attached hydrogen (secondary N) is 1. The zero-order valence-electron chi connectivity index (χ0n) is 11.0. The molecule has 2 aliphatic rings. The number of nitrogens with two attached hydrogens (primary N) is 1. The monoisotopic (exact) mass is 238 g/mol. The summed E-state index contributed by atoms with van der Waals surface area (Å²) in [6.07, 6.45) is 8.49. The summed E-state index contributed by atoms with van der Waals surface area (Å²) < 4.78 is 0. The molecule has 0 saturated heterocycles. The van der Waals surface area contributed by atoms with E-state index in [1.165, 1.54) is 25.7 Å². The largest absolute Gasteiger partial charge is 0.355 e. The van der Waals surface area contributed by atoms with Gasteiger partial charge < -0.3 is 11.1 Å². The van der Waals surface area contributed by atoms with Gasteiger partial charge in [0.05, 0.1) is 0 Å². The fraction of sp³-hybridized carbons (Fsp3) is 0.929. The predicted molar refractivity (Wildman–Crippen MR) is 69.5 cm³/mol. The van der Waals surface area contributed by atoms with Crippen LogP contribution in [0.15, 0.2) is 0 Å². The molecule has 0 aromatic carbocycles. The lowest BCUT2D eigenvalue weighted by molar-refractivity contribution is -0.126. The molecule has 1 amide bonds. The molecule has 3 N–H and O–H groups in total. The number of carbonyl (C=O) groups is 1. The molecule has 3 nitrogen and oxygen atoms in total. The summed E-state index contributed by atoms with van der Waals surface area (Å²) in [4.78, 5) is 12.1. The number of hydrogen-bond acceptors (Lipinski definition) is 2. The molecule has 2 fully saturated rings. The third-order valence-electron chi connectivity index (χ3n) is 4.80. The quantitative estimate of drug-likeness (QED) is 0.787. The Balaban J connectivity index is 1.80. The topological polar surface area (TPSA) is 55.1 Å². The first-order chi connectivity index (χ1) is 8.14. The van der Waals surface area contributed by atoms with Crippen molar-refractivity contribution in [2.75, 3.05) is 13.1 Å². The van der Waals surface area contributed by atoms with Crippen LogP contribution in [0, 0.1) is 17.3 Å². The summed E-state index contributed by atoms with van der Waals surface area (Å²) in [5, 5.41) is 3.18. The Morgan fingerprint density at radius 2 is 2.00 bits per heavy atom. The highest BCUT2D eigenvalue weighted by Crippen LogP contribution is 2.37. The SMILES string of the molecule is CC1(CNC(=O)[C@@H]2CCC[C@@H]2CN)CCCC1. The van der Waals surface area contributed by atoms with E-state index in [0.717, 1.165) is 25.8 Å². The van der Waals surface area contributed by atoms with Crippen molar-refractivity contribution >= 4 is 5.91 Å². The molecule has 0 aromatic heterocycles. The first-order valence-corrected chi connectivity index (χ1v) is 7.12. The van der Waals surface area contributed by atoms with E-state index in [1.54, 1.807) is 0 Å². The van der Waals surface area contributed by atoms with E-state index in [2.05, 4.69) is 12.2 Å². The number of rotatable bonds is 4. The summed E-state index contributed by atoms with van der Waals surface area (Å²) in [7, 11) is 0. The number of amides is 1. The van der Waals surface area contributed by atoms with Crippen LogP contribution < -0.4 is 11.1 Å². The van der Waals surface area contributed by atoms with E-state index in [9.17, 15) is 4.79 Å². The van der Waals surface area contributed by atoms with Crippen LogP contribution in [0.1, 0.15) is 51.9 Å². The molecule has 2 saturated carbocycles. The maximum absolute atomic E-state index is 12.1. The van der Waals surface area contributed by atoms with Crippen LogP contribution in [0.3, 0.4) is 0 Å². The average molecular weight is 238 g/mol.